The van der Waals surface area contributed by atoms with E-state index in [1.807, 2.05) is 38.1 Å². The molecule has 1 amide bonds. The molecule has 0 fully saturated rings. The first-order chi connectivity index (χ1) is 26.0. The van der Waals surface area contributed by atoms with Gasteiger partial charge in [0, 0.05) is 30.7 Å². The number of phenols is 2. The molecule has 54 heavy (non-hydrogen) atoms. The first kappa shape index (κ1) is 39.7. The largest absolute Gasteiger partial charge is 0.507 e. The third-order valence-electron chi connectivity index (χ3n) is 10.1. The molecule has 288 valence electrons. The summed E-state index contributed by atoms with van der Waals surface area (Å²) < 4.78 is 22.6. The van der Waals surface area contributed by atoms with Crippen LogP contribution in [-0.2, 0) is 14.3 Å². The Balaban J connectivity index is 1.63. The lowest BCUT2D eigenvalue weighted by Crippen LogP contribution is -2.34. The van der Waals surface area contributed by atoms with Crippen LogP contribution in [0.15, 0.2) is 48.5 Å². The fourth-order valence-corrected chi connectivity index (χ4v) is 6.96. The maximum absolute atomic E-state index is 14.3. The van der Waals surface area contributed by atoms with Gasteiger partial charge in [-0.05, 0) is 80.0 Å². The normalized spacial score (nSPS) is 17.1. The Morgan fingerprint density at radius 2 is 1.74 bits per heavy atom. The number of rotatable bonds is 11. The van der Waals surface area contributed by atoms with Crippen molar-refractivity contribution >= 4 is 34.8 Å². The molecule has 1 aromatic heterocycles. The summed E-state index contributed by atoms with van der Waals surface area (Å²) in [6.07, 6.45) is 6.41. The number of phenolic OH excluding ortho intramolecular Hbond substituents is 2. The highest BCUT2D eigenvalue weighted by molar-refractivity contribution is 5.98. The molecular formula is C42H51N3O9. The van der Waals surface area contributed by atoms with E-state index in [1.54, 1.807) is 31.2 Å². The number of aromatic hydroxyl groups is 2. The predicted molar refractivity (Wildman–Crippen MR) is 205 cm³/mol. The standard InChI is InChI=1S/C42H51N3O9/c1-7-24(2)38(41-43-30-18-11-12-19-31(30)44-41)45-35(48)23-29(27-21-33(51-4)40(53-6)34(22-27)52-5)37-32(47)20-26-15-9-8-10-16-28(46)17-13-14-25(3)54-42(50)36(26)39(37)49/h9,11-12,15,18-22,24-25,29,38,47,49H,7-8,10,13-14,16-17,23H2,1-6H3,(H,43,44)(H,45,48)/t24-,25-,29?,38-/m0/s1. The van der Waals surface area contributed by atoms with Gasteiger partial charge < -0.3 is 39.5 Å². The Bertz CT molecular complexity index is 1940. The van der Waals surface area contributed by atoms with Crippen LogP contribution in [0.25, 0.3) is 17.1 Å². The van der Waals surface area contributed by atoms with E-state index in [4.69, 9.17) is 23.9 Å². The topological polar surface area (TPSA) is 169 Å². The lowest BCUT2D eigenvalue weighted by Gasteiger charge is -2.26. The van der Waals surface area contributed by atoms with E-state index in [2.05, 4.69) is 10.3 Å². The maximum atomic E-state index is 14.3. The van der Waals surface area contributed by atoms with E-state index in [-0.39, 0.29) is 40.6 Å². The molecule has 0 saturated carbocycles. The van der Waals surface area contributed by atoms with Crippen molar-refractivity contribution < 1.29 is 43.5 Å². The van der Waals surface area contributed by atoms with Gasteiger partial charge in [0.2, 0.25) is 11.7 Å². The lowest BCUT2D eigenvalue weighted by atomic mass is 9.84. The first-order valence-corrected chi connectivity index (χ1v) is 18.5. The summed E-state index contributed by atoms with van der Waals surface area (Å²) in [6.45, 7) is 5.80. The van der Waals surface area contributed by atoms with Crippen LogP contribution in [-0.4, -0.2) is 65.3 Å². The molecule has 12 heteroatoms. The van der Waals surface area contributed by atoms with Gasteiger partial charge in [0.25, 0.3) is 0 Å². The number of H-pyrrole nitrogens is 1. The summed E-state index contributed by atoms with van der Waals surface area (Å²) in [5.41, 5.74) is 2.10. The van der Waals surface area contributed by atoms with Gasteiger partial charge in [-0.2, -0.15) is 0 Å². The number of carbonyl (C=O) groups is 3. The lowest BCUT2D eigenvalue weighted by molar-refractivity contribution is -0.122. The van der Waals surface area contributed by atoms with E-state index in [0.29, 0.717) is 67.2 Å². The van der Waals surface area contributed by atoms with Crippen LogP contribution in [0.5, 0.6) is 28.7 Å². The van der Waals surface area contributed by atoms with Gasteiger partial charge in [-0.25, -0.2) is 9.78 Å². The second kappa shape index (κ2) is 18.0. The number of aromatic nitrogens is 2. The zero-order chi connectivity index (χ0) is 38.9. The van der Waals surface area contributed by atoms with Gasteiger partial charge in [0.15, 0.2) is 11.5 Å². The number of esters is 1. The number of Topliss-reactive ketones (excluding diaryl/α,β-unsaturated/α-hetero) is 1. The molecule has 3 aromatic carbocycles. The van der Waals surface area contributed by atoms with Crippen LogP contribution < -0.4 is 19.5 Å². The predicted octanol–water partition coefficient (Wildman–Crippen LogP) is 7.91. The van der Waals surface area contributed by atoms with Crippen LogP contribution in [0.3, 0.4) is 0 Å². The number of imidazole rings is 1. The van der Waals surface area contributed by atoms with E-state index in [0.717, 1.165) is 17.5 Å². The number of nitrogens with one attached hydrogen (secondary N) is 2. The monoisotopic (exact) mass is 741 g/mol. The molecule has 4 aromatic rings. The molecule has 4 atom stereocenters. The number of methoxy groups -OCH3 is 3. The summed E-state index contributed by atoms with van der Waals surface area (Å²) in [5, 5.41) is 27.0. The summed E-state index contributed by atoms with van der Waals surface area (Å²) in [6, 6.07) is 11.8. The Hall–Kier alpha value is -5.52. The van der Waals surface area contributed by atoms with Crippen LogP contribution in [0.2, 0.25) is 0 Å². The molecular weight excluding hydrogens is 690 g/mol. The molecule has 0 aliphatic carbocycles. The van der Waals surface area contributed by atoms with Crippen molar-refractivity contribution in [2.75, 3.05) is 21.3 Å². The minimum Gasteiger partial charge on any atom is -0.507 e. The average Bonchev–Trinajstić information content (AvgIpc) is 3.59. The molecule has 0 spiro atoms. The molecule has 0 radical (unpaired) electrons. The smallest absolute Gasteiger partial charge is 0.342 e. The van der Waals surface area contributed by atoms with Crippen LogP contribution in [0.4, 0.5) is 0 Å². The Labute approximate surface area is 315 Å². The van der Waals surface area contributed by atoms with Crippen molar-refractivity contribution in [3.05, 3.63) is 76.6 Å². The van der Waals surface area contributed by atoms with E-state index >= 15 is 0 Å². The van der Waals surface area contributed by atoms with Crippen molar-refractivity contribution in [2.45, 2.75) is 90.2 Å². The summed E-state index contributed by atoms with van der Waals surface area (Å²) >= 11 is 0. The second-order valence-corrected chi connectivity index (χ2v) is 13.8. The minimum atomic E-state index is -1.02. The average molecular weight is 742 g/mol. The number of carbonyl (C=O) groups excluding carboxylic acids is 3. The number of cyclic esters (lactones) is 1. The third kappa shape index (κ3) is 8.98. The fourth-order valence-electron chi connectivity index (χ4n) is 6.96. The van der Waals surface area contributed by atoms with Crippen molar-refractivity contribution in [2.24, 2.45) is 5.92 Å². The van der Waals surface area contributed by atoms with E-state index in [9.17, 15) is 24.6 Å². The zero-order valence-electron chi connectivity index (χ0n) is 31.9. The van der Waals surface area contributed by atoms with Gasteiger partial charge >= 0.3 is 5.97 Å². The number of aromatic amines is 1. The fraction of sp³-hybridized carbons (Fsp3) is 0.429. The third-order valence-corrected chi connectivity index (χ3v) is 10.1. The van der Waals surface area contributed by atoms with Gasteiger partial charge in [-0.15, -0.1) is 0 Å². The SMILES string of the molecule is CC[C@H](C)[C@H](NC(=O)CC(c1cc(OC)c(OC)c(OC)c1)c1c(O)cc2c(c1O)C(=O)O[C@@H](C)CCCC(=O)CCCC=C2)c1nc2ccccc2[nH]1. The number of para-hydroxylation sites is 2. The van der Waals surface area contributed by atoms with E-state index in [1.165, 1.54) is 27.4 Å². The number of amides is 1. The Morgan fingerprint density at radius 3 is 2.41 bits per heavy atom. The number of ketones is 1. The van der Waals surface area contributed by atoms with Crippen LogP contribution in [0, 0.1) is 5.92 Å². The number of nitrogens with zero attached hydrogens (tertiary/aromatic N) is 1. The molecule has 0 saturated heterocycles. The number of hydrogen-bond donors (Lipinski definition) is 4. The highest BCUT2D eigenvalue weighted by atomic mass is 16.5. The van der Waals surface area contributed by atoms with Crippen molar-refractivity contribution in [3.8, 4) is 28.7 Å². The van der Waals surface area contributed by atoms with Crippen molar-refractivity contribution in [1.82, 2.24) is 15.3 Å². The number of benzene rings is 3. The minimum absolute atomic E-state index is 0.0103. The summed E-state index contributed by atoms with van der Waals surface area (Å²) in [4.78, 5) is 48.6. The maximum Gasteiger partial charge on any atom is 0.342 e. The van der Waals surface area contributed by atoms with Gasteiger partial charge in [-0.1, -0.05) is 44.6 Å². The Kier molecular flexibility index (Phi) is 13.2. The number of fused-ring (bicyclic) bond motifs is 2. The first-order valence-electron chi connectivity index (χ1n) is 18.5. The summed E-state index contributed by atoms with van der Waals surface area (Å²) in [5.74, 6) is -1.41. The molecule has 12 nitrogen and oxygen atoms in total. The highest BCUT2D eigenvalue weighted by Gasteiger charge is 2.33. The quantitative estimate of drug-likeness (QED) is 0.111. The Morgan fingerprint density at radius 1 is 1.04 bits per heavy atom. The molecule has 0 bridgehead atoms. The van der Waals surface area contributed by atoms with Gasteiger partial charge in [-0.3, -0.25) is 9.59 Å². The van der Waals surface area contributed by atoms with Crippen molar-refractivity contribution in [1.29, 1.82) is 0 Å². The van der Waals surface area contributed by atoms with Crippen LogP contribution in [0.1, 0.15) is 117 Å². The van der Waals surface area contributed by atoms with Gasteiger partial charge in [0.1, 0.15) is 28.7 Å². The highest BCUT2D eigenvalue weighted by Crippen LogP contribution is 2.48. The molecule has 2 heterocycles. The van der Waals surface area contributed by atoms with E-state index < -0.39 is 35.7 Å². The molecule has 4 N–H and O–H groups in total. The molecule has 1 aliphatic rings. The molecule has 1 aliphatic heterocycles. The summed E-state index contributed by atoms with van der Waals surface area (Å²) in [7, 11) is 4.40. The second-order valence-electron chi connectivity index (χ2n) is 13.8. The van der Waals surface area contributed by atoms with Gasteiger partial charge in [0.05, 0.1) is 44.5 Å². The molecule has 5 rings (SSSR count). The van der Waals surface area contributed by atoms with Crippen molar-refractivity contribution in [3.63, 3.8) is 0 Å². The number of ether oxygens (including phenoxy) is 4. The number of hydrogen-bond acceptors (Lipinski definition) is 10. The molecule has 1 unspecified atom stereocenters. The number of allylic oxidation sites excluding steroid dienone is 1. The van der Waals surface area contributed by atoms with Crippen LogP contribution >= 0.6 is 0 Å². The zero-order valence-corrected chi connectivity index (χ0v) is 31.9.